The van der Waals surface area contributed by atoms with Gasteiger partial charge in [-0.15, -0.1) is 0 Å². The molecule has 0 saturated carbocycles. The van der Waals surface area contributed by atoms with Crippen LogP contribution in [0.3, 0.4) is 0 Å². The van der Waals surface area contributed by atoms with Crippen LogP contribution in [0.15, 0.2) is 194 Å². The zero-order chi connectivity index (χ0) is 55.8. The molecule has 10 aromatic rings. The van der Waals surface area contributed by atoms with Gasteiger partial charge in [0.1, 0.15) is 24.0 Å². The van der Waals surface area contributed by atoms with Gasteiger partial charge in [-0.3, -0.25) is 4.57 Å². The average molecular weight is 1040 g/mol. The quantitative estimate of drug-likeness (QED) is 0.122. The van der Waals surface area contributed by atoms with Gasteiger partial charge in [-0.1, -0.05) is 206 Å². The maximum atomic E-state index is 7.20. The number of hydrogen-bond acceptors (Lipinski definition) is 4. The third-order valence-electron chi connectivity index (χ3n) is 17.0. The van der Waals surface area contributed by atoms with Gasteiger partial charge in [0, 0.05) is 51.3 Å². The number of hydrogen-bond donors (Lipinski definition) is 0. The predicted molar refractivity (Wildman–Crippen MR) is 335 cm³/mol. The first kappa shape index (κ1) is 53.1. The van der Waals surface area contributed by atoms with Gasteiger partial charge in [0.15, 0.2) is 0 Å². The number of pyridine rings is 1. The topological polar surface area (TPSA) is 33.5 Å². The van der Waals surface area contributed by atoms with Crippen molar-refractivity contribution in [1.82, 2.24) is 9.55 Å². The van der Waals surface area contributed by atoms with Gasteiger partial charge in [-0.05, 0) is 145 Å². The lowest BCUT2D eigenvalue weighted by atomic mass is 9.75. The summed E-state index contributed by atoms with van der Waals surface area (Å²) < 4.78 is 9.50. The minimum Gasteiger partial charge on any atom is -0.457 e. The van der Waals surface area contributed by atoms with Crippen molar-refractivity contribution in [2.45, 2.75) is 130 Å². The molecule has 8 aromatic carbocycles. The largest absolute Gasteiger partial charge is 0.457 e. The van der Waals surface area contributed by atoms with Crippen LogP contribution < -0.4 is 14.5 Å². The van der Waals surface area contributed by atoms with Crippen molar-refractivity contribution in [1.29, 1.82) is 0 Å². The van der Waals surface area contributed by atoms with Gasteiger partial charge >= 0.3 is 0 Å². The minimum absolute atomic E-state index is 0.0814. The first-order valence-corrected chi connectivity index (χ1v) is 28.5. The molecule has 1 aliphatic rings. The Hall–Kier alpha value is -7.89. The maximum Gasteiger partial charge on any atom is 0.137 e. The lowest BCUT2D eigenvalue weighted by Gasteiger charge is -2.32. The zero-order valence-electron chi connectivity index (χ0n) is 49.0. The third kappa shape index (κ3) is 9.92. The van der Waals surface area contributed by atoms with Crippen LogP contribution in [-0.4, -0.2) is 16.2 Å². The fraction of sp³-hybridized carbons (Fsp3) is 0.284. The Balaban J connectivity index is 1.06. The molecule has 0 aliphatic carbocycles. The number of ether oxygens (including phenoxy) is 1. The second-order valence-electron chi connectivity index (χ2n) is 25.8. The zero-order valence-corrected chi connectivity index (χ0v) is 49.0. The van der Waals surface area contributed by atoms with E-state index in [1.54, 1.807) is 0 Å². The Labute approximate surface area is 470 Å². The van der Waals surface area contributed by atoms with Gasteiger partial charge in [0.05, 0.1) is 22.4 Å². The summed E-state index contributed by atoms with van der Waals surface area (Å²) >= 11 is 0. The summed E-state index contributed by atoms with van der Waals surface area (Å²) in [6.07, 6.45) is 1.95. The molecule has 0 radical (unpaired) electrons. The first-order valence-electron chi connectivity index (χ1n) is 28.5. The van der Waals surface area contributed by atoms with E-state index in [2.05, 4.69) is 299 Å². The van der Waals surface area contributed by atoms with Crippen LogP contribution in [0.4, 0.5) is 22.7 Å². The van der Waals surface area contributed by atoms with Crippen LogP contribution in [0.1, 0.15) is 153 Å². The van der Waals surface area contributed by atoms with Crippen molar-refractivity contribution in [3.8, 4) is 28.4 Å². The lowest BCUT2D eigenvalue weighted by Crippen LogP contribution is -2.26. The molecule has 0 bridgehead atoms. The van der Waals surface area contributed by atoms with Crippen molar-refractivity contribution in [3.63, 3.8) is 0 Å². The molecular weight excluding hydrogens is 961 g/mol. The van der Waals surface area contributed by atoms with E-state index in [4.69, 9.17) is 9.72 Å². The van der Waals surface area contributed by atoms with Gasteiger partial charge in [-0.25, -0.2) is 4.98 Å². The molecule has 400 valence electrons. The number of anilines is 4. The molecule has 0 saturated heterocycles. The molecule has 0 fully saturated rings. The van der Waals surface area contributed by atoms with E-state index in [1.807, 2.05) is 6.20 Å². The second kappa shape index (κ2) is 20.1. The van der Waals surface area contributed by atoms with Crippen molar-refractivity contribution in [2.24, 2.45) is 0 Å². The van der Waals surface area contributed by atoms with E-state index in [0.29, 0.717) is 18.5 Å². The Bertz CT molecular complexity index is 3860. The lowest BCUT2D eigenvalue weighted by molar-refractivity contribution is 0.479. The van der Waals surface area contributed by atoms with E-state index >= 15 is 0 Å². The highest BCUT2D eigenvalue weighted by molar-refractivity contribution is 6.09. The molecule has 3 heterocycles. The van der Waals surface area contributed by atoms with Crippen LogP contribution in [0.25, 0.3) is 38.8 Å². The van der Waals surface area contributed by atoms with Crippen molar-refractivity contribution in [3.05, 3.63) is 239 Å². The van der Waals surface area contributed by atoms with Crippen molar-refractivity contribution < 1.29 is 4.74 Å². The standard InChI is InChI=1S/C74H78N4O/c1-48(2)61-29-23-30-62(49(3)4)70(61)50-32-35-66-68(38-50)77(47-76(66)57-40-54(71(5,6)7)39-56(42-57)74(13,14)52-26-19-16-20-27-52)58-41-55(72(8,9)10)43-60(45-58)79-59-33-34-64-63-28-21-22-31-65(63)78(67(64)46-59)69-44-53(36-37-75-69)73(11,12)51-24-17-15-18-25-51/h15-46,48-49H,47H2,1-14H3. The molecule has 0 unspecified atom stereocenters. The normalized spacial score (nSPS) is 13.3. The maximum absolute atomic E-state index is 7.20. The monoisotopic (exact) mass is 1040 g/mol. The Kier molecular flexibility index (Phi) is 13.5. The van der Waals surface area contributed by atoms with E-state index in [-0.39, 0.29) is 21.7 Å². The van der Waals surface area contributed by atoms with E-state index in [1.165, 1.54) is 78.1 Å². The molecule has 0 N–H and O–H groups in total. The highest BCUT2D eigenvalue weighted by Crippen LogP contribution is 2.51. The second-order valence-corrected chi connectivity index (χ2v) is 25.8. The third-order valence-corrected chi connectivity index (χ3v) is 17.0. The van der Waals surface area contributed by atoms with Gasteiger partial charge in [-0.2, -0.15) is 0 Å². The highest BCUT2D eigenvalue weighted by atomic mass is 16.5. The smallest absolute Gasteiger partial charge is 0.137 e. The summed E-state index contributed by atoms with van der Waals surface area (Å²) in [5, 5.41) is 2.32. The number of aromatic nitrogens is 2. The van der Waals surface area contributed by atoms with Crippen molar-refractivity contribution in [2.75, 3.05) is 16.5 Å². The average Bonchev–Trinajstić information content (AvgIpc) is 4.22. The highest BCUT2D eigenvalue weighted by Gasteiger charge is 2.34. The van der Waals surface area contributed by atoms with Gasteiger partial charge < -0.3 is 14.5 Å². The predicted octanol–water partition coefficient (Wildman–Crippen LogP) is 20.4. The molecule has 11 rings (SSSR count). The molecular formula is C74H78N4O. The number of rotatable bonds is 12. The van der Waals surface area contributed by atoms with Crippen LogP contribution in [0.5, 0.6) is 11.5 Å². The number of para-hydroxylation sites is 1. The van der Waals surface area contributed by atoms with Crippen molar-refractivity contribution >= 4 is 44.6 Å². The minimum atomic E-state index is -0.234. The molecule has 5 heteroatoms. The Morgan fingerprint density at radius 2 is 0.975 bits per heavy atom. The number of benzene rings is 8. The van der Waals surface area contributed by atoms with E-state index in [9.17, 15) is 0 Å². The fourth-order valence-electron chi connectivity index (χ4n) is 11.9. The molecule has 79 heavy (non-hydrogen) atoms. The molecule has 5 nitrogen and oxygen atoms in total. The number of nitrogens with zero attached hydrogens (tertiary/aromatic N) is 4. The summed E-state index contributed by atoms with van der Waals surface area (Å²) in [6, 6.07) is 69.6. The molecule has 0 amide bonds. The van der Waals surface area contributed by atoms with Crippen LogP contribution in [-0.2, 0) is 21.7 Å². The molecule has 0 atom stereocenters. The molecule has 1 aliphatic heterocycles. The Morgan fingerprint density at radius 1 is 0.418 bits per heavy atom. The van der Waals surface area contributed by atoms with Crippen LogP contribution in [0.2, 0.25) is 0 Å². The Morgan fingerprint density at radius 3 is 1.61 bits per heavy atom. The van der Waals surface area contributed by atoms with Crippen LogP contribution in [0, 0.1) is 0 Å². The summed E-state index contributed by atoms with van der Waals surface area (Å²) in [6.45, 7) is 33.1. The molecule has 2 aromatic heterocycles. The van der Waals surface area contributed by atoms with E-state index in [0.717, 1.165) is 39.4 Å². The number of fused-ring (bicyclic) bond motifs is 4. The van der Waals surface area contributed by atoms with E-state index < -0.39 is 0 Å². The van der Waals surface area contributed by atoms with Gasteiger partial charge in [0.2, 0.25) is 0 Å². The summed E-state index contributed by atoms with van der Waals surface area (Å²) in [5.74, 6) is 3.15. The van der Waals surface area contributed by atoms with Gasteiger partial charge in [0.25, 0.3) is 0 Å². The fourth-order valence-corrected chi connectivity index (χ4v) is 11.9. The first-order chi connectivity index (χ1) is 37.6. The summed E-state index contributed by atoms with van der Waals surface area (Å²) in [7, 11) is 0. The summed E-state index contributed by atoms with van der Waals surface area (Å²) in [4.78, 5) is 10.1. The molecule has 0 spiro atoms. The summed E-state index contributed by atoms with van der Waals surface area (Å²) in [5.41, 5.74) is 18.9. The van der Waals surface area contributed by atoms with Crippen LogP contribution >= 0.6 is 0 Å². The SMILES string of the molecule is CC(C)c1cccc(C(C)C)c1-c1ccc2c(c1)N(c1cc(Oc3ccc4c5ccccc5n(-c5cc(C(C)(C)c6ccccc6)ccn5)c4c3)cc(C(C)(C)C)c1)CN2c1cc(C(C)(C)C)cc(C(C)(C)c2ccccc2)c1.